The topological polar surface area (TPSA) is 41.5 Å². The van der Waals surface area contributed by atoms with E-state index in [0.29, 0.717) is 13.2 Å². The molecule has 0 heterocycles. The number of ether oxygens (including phenoxy) is 1. The molecule has 0 aromatic heterocycles. The van der Waals surface area contributed by atoms with Gasteiger partial charge in [-0.05, 0) is 38.6 Å². The molecule has 3 heteroatoms. The summed E-state index contributed by atoms with van der Waals surface area (Å²) in [6.07, 6.45) is 3.36. The summed E-state index contributed by atoms with van der Waals surface area (Å²) >= 11 is 0. The van der Waals surface area contributed by atoms with Gasteiger partial charge in [0, 0.05) is 13.2 Å². The van der Waals surface area contributed by atoms with Crippen molar-refractivity contribution in [3.05, 3.63) is 0 Å². The Morgan fingerprint density at radius 3 is 2.62 bits per heavy atom. The van der Waals surface area contributed by atoms with Gasteiger partial charge in [-0.3, -0.25) is 0 Å². The van der Waals surface area contributed by atoms with Crippen LogP contribution >= 0.6 is 0 Å². The van der Waals surface area contributed by atoms with E-state index in [2.05, 4.69) is 26.1 Å². The summed E-state index contributed by atoms with van der Waals surface area (Å²) in [6, 6.07) is 0. The first-order valence-electron chi connectivity index (χ1n) is 6.49. The van der Waals surface area contributed by atoms with E-state index in [1.807, 2.05) is 6.92 Å². The van der Waals surface area contributed by atoms with Crippen LogP contribution < -0.4 is 5.32 Å². The van der Waals surface area contributed by atoms with Gasteiger partial charge in [0.1, 0.15) is 0 Å². The minimum atomic E-state index is -0.743. The van der Waals surface area contributed by atoms with Gasteiger partial charge in [-0.15, -0.1) is 0 Å². The zero-order valence-electron chi connectivity index (χ0n) is 11.4. The number of hydrogen-bond acceptors (Lipinski definition) is 3. The van der Waals surface area contributed by atoms with Gasteiger partial charge in [0.05, 0.1) is 12.2 Å². The van der Waals surface area contributed by atoms with Crippen LogP contribution in [0.2, 0.25) is 0 Å². The Bertz CT molecular complexity index is 158. The highest BCUT2D eigenvalue weighted by Crippen LogP contribution is 2.06. The highest BCUT2D eigenvalue weighted by molar-refractivity contribution is 4.74. The van der Waals surface area contributed by atoms with Gasteiger partial charge in [-0.2, -0.15) is 0 Å². The maximum absolute atomic E-state index is 9.96. The summed E-state index contributed by atoms with van der Waals surface area (Å²) in [5, 5.41) is 13.2. The van der Waals surface area contributed by atoms with E-state index < -0.39 is 5.60 Å². The summed E-state index contributed by atoms with van der Waals surface area (Å²) in [5.74, 6) is 0.732. The zero-order valence-corrected chi connectivity index (χ0v) is 11.4. The highest BCUT2D eigenvalue weighted by atomic mass is 16.5. The highest BCUT2D eigenvalue weighted by Gasteiger charge is 2.19. The second kappa shape index (κ2) is 8.97. The first kappa shape index (κ1) is 15.9. The van der Waals surface area contributed by atoms with E-state index in [0.717, 1.165) is 31.9 Å². The third-order valence-corrected chi connectivity index (χ3v) is 2.42. The Morgan fingerprint density at radius 2 is 2.06 bits per heavy atom. The van der Waals surface area contributed by atoms with Gasteiger partial charge in [0.2, 0.25) is 0 Å². The van der Waals surface area contributed by atoms with Crippen LogP contribution in [-0.4, -0.2) is 37.0 Å². The van der Waals surface area contributed by atoms with Crippen LogP contribution in [0.5, 0.6) is 0 Å². The van der Waals surface area contributed by atoms with Gasteiger partial charge < -0.3 is 15.2 Å². The second-order valence-electron chi connectivity index (χ2n) is 5.26. The lowest BCUT2D eigenvalue weighted by molar-refractivity contribution is -0.0332. The van der Waals surface area contributed by atoms with Crippen LogP contribution in [0.3, 0.4) is 0 Å². The fourth-order valence-corrected chi connectivity index (χ4v) is 1.47. The average Bonchev–Trinajstić information content (AvgIpc) is 2.16. The lowest BCUT2D eigenvalue weighted by Crippen LogP contribution is -2.42. The van der Waals surface area contributed by atoms with Crippen LogP contribution in [0.4, 0.5) is 0 Å². The molecule has 0 saturated heterocycles. The van der Waals surface area contributed by atoms with Crippen molar-refractivity contribution in [1.82, 2.24) is 5.32 Å². The van der Waals surface area contributed by atoms with E-state index >= 15 is 0 Å². The lowest BCUT2D eigenvalue weighted by atomic mass is 10.1. The van der Waals surface area contributed by atoms with E-state index in [1.54, 1.807) is 0 Å². The first-order chi connectivity index (χ1) is 7.48. The normalized spacial score (nSPS) is 15.4. The van der Waals surface area contributed by atoms with Gasteiger partial charge in [0.15, 0.2) is 0 Å². The number of hydrogen-bond donors (Lipinski definition) is 2. The molecule has 0 bridgehead atoms. The summed E-state index contributed by atoms with van der Waals surface area (Å²) in [5.41, 5.74) is -0.743. The van der Waals surface area contributed by atoms with E-state index in [4.69, 9.17) is 4.74 Å². The number of rotatable bonds is 10. The van der Waals surface area contributed by atoms with Crippen molar-refractivity contribution in [2.24, 2.45) is 5.92 Å². The molecule has 0 aliphatic rings. The molecule has 0 spiro atoms. The third-order valence-electron chi connectivity index (χ3n) is 2.42. The van der Waals surface area contributed by atoms with Crippen molar-refractivity contribution < 1.29 is 9.84 Å². The molecule has 0 aliphatic heterocycles. The quantitative estimate of drug-likeness (QED) is 0.566. The molecule has 0 aliphatic carbocycles. The van der Waals surface area contributed by atoms with E-state index in [-0.39, 0.29) is 0 Å². The zero-order chi connectivity index (χ0) is 12.4. The molecular weight excluding hydrogens is 202 g/mol. The van der Waals surface area contributed by atoms with Crippen LogP contribution in [0, 0.1) is 5.92 Å². The van der Waals surface area contributed by atoms with Gasteiger partial charge in [0.25, 0.3) is 0 Å². The molecule has 0 aromatic rings. The van der Waals surface area contributed by atoms with E-state index in [9.17, 15) is 5.11 Å². The maximum Gasteiger partial charge on any atom is 0.0975 e. The number of nitrogens with one attached hydrogen (secondary N) is 1. The Hall–Kier alpha value is -0.120. The third kappa shape index (κ3) is 10.4. The van der Waals surface area contributed by atoms with Crippen molar-refractivity contribution in [3.8, 4) is 0 Å². The number of aliphatic hydroxyl groups is 1. The van der Waals surface area contributed by atoms with Crippen molar-refractivity contribution in [2.45, 2.75) is 52.6 Å². The van der Waals surface area contributed by atoms with Gasteiger partial charge in [-0.1, -0.05) is 20.8 Å². The van der Waals surface area contributed by atoms with Crippen LogP contribution in [0.25, 0.3) is 0 Å². The van der Waals surface area contributed by atoms with Crippen LogP contribution in [-0.2, 0) is 4.74 Å². The summed E-state index contributed by atoms with van der Waals surface area (Å²) in [7, 11) is 0. The Balaban J connectivity index is 3.42. The second-order valence-corrected chi connectivity index (χ2v) is 5.26. The predicted molar refractivity (Wildman–Crippen MR) is 68.7 cm³/mol. The Labute approximate surface area is 101 Å². The Morgan fingerprint density at radius 1 is 1.38 bits per heavy atom. The first-order valence-corrected chi connectivity index (χ1v) is 6.49. The van der Waals surface area contributed by atoms with Crippen molar-refractivity contribution in [1.29, 1.82) is 0 Å². The molecule has 1 atom stereocenters. The van der Waals surface area contributed by atoms with Crippen molar-refractivity contribution >= 4 is 0 Å². The van der Waals surface area contributed by atoms with E-state index in [1.165, 1.54) is 6.42 Å². The molecule has 98 valence electrons. The molecule has 16 heavy (non-hydrogen) atoms. The molecule has 2 N–H and O–H groups in total. The molecule has 0 fully saturated rings. The van der Waals surface area contributed by atoms with Gasteiger partial charge >= 0.3 is 0 Å². The summed E-state index contributed by atoms with van der Waals surface area (Å²) in [4.78, 5) is 0. The molecular formula is C13H29NO2. The lowest BCUT2D eigenvalue weighted by Gasteiger charge is -2.23. The molecule has 0 rings (SSSR count). The SMILES string of the molecule is CCCNCC(C)(O)COCCCC(C)C. The maximum atomic E-state index is 9.96. The Kier molecular flexibility index (Phi) is 8.90. The molecule has 0 radical (unpaired) electrons. The van der Waals surface area contributed by atoms with Crippen molar-refractivity contribution in [3.63, 3.8) is 0 Å². The van der Waals surface area contributed by atoms with Crippen LogP contribution in [0.15, 0.2) is 0 Å². The smallest absolute Gasteiger partial charge is 0.0975 e. The minimum absolute atomic E-state index is 0.418. The monoisotopic (exact) mass is 231 g/mol. The molecule has 3 nitrogen and oxygen atoms in total. The summed E-state index contributed by atoms with van der Waals surface area (Å²) in [6.45, 7) is 11.1. The van der Waals surface area contributed by atoms with Gasteiger partial charge in [-0.25, -0.2) is 0 Å². The molecule has 0 aromatic carbocycles. The fourth-order valence-electron chi connectivity index (χ4n) is 1.47. The molecule has 0 saturated carbocycles. The summed E-state index contributed by atoms with van der Waals surface area (Å²) < 4.78 is 5.49. The largest absolute Gasteiger partial charge is 0.386 e. The van der Waals surface area contributed by atoms with Crippen LogP contribution in [0.1, 0.15) is 47.0 Å². The minimum Gasteiger partial charge on any atom is -0.386 e. The standard InChI is InChI=1S/C13H29NO2/c1-5-8-14-10-13(4,15)11-16-9-6-7-12(2)3/h12,14-15H,5-11H2,1-4H3. The molecule has 1 unspecified atom stereocenters. The molecule has 0 amide bonds. The van der Waals surface area contributed by atoms with Crippen molar-refractivity contribution in [2.75, 3.05) is 26.3 Å². The fraction of sp³-hybridized carbons (Fsp3) is 1.00. The average molecular weight is 231 g/mol. The predicted octanol–water partition coefficient (Wildman–Crippen LogP) is 2.19.